The predicted octanol–water partition coefficient (Wildman–Crippen LogP) is 2.48. The van der Waals surface area contributed by atoms with E-state index in [-0.39, 0.29) is 5.75 Å². The van der Waals surface area contributed by atoms with E-state index in [1.807, 2.05) is 0 Å². The Morgan fingerprint density at radius 3 is 3.00 bits per heavy atom. The summed E-state index contributed by atoms with van der Waals surface area (Å²) in [6.45, 7) is 0. The molecule has 1 heterocycles. The molecule has 0 aliphatic heterocycles. The SMILES string of the molecule is O=C(Cl)Oc1ccc[nH]c1=S. The van der Waals surface area contributed by atoms with E-state index in [2.05, 4.69) is 9.72 Å². The minimum atomic E-state index is -0.893. The molecule has 1 aromatic rings. The van der Waals surface area contributed by atoms with Gasteiger partial charge in [0.25, 0.3) is 0 Å². The molecule has 0 atom stereocenters. The molecule has 0 fully saturated rings. The van der Waals surface area contributed by atoms with Crippen LogP contribution < -0.4 is 4.74 Å². The van der Waals surface area contributed by atoms with Gasteiger partial charge < -0.3 is 9.72 Å². The number of carbonyl (C=O) groups excluding carboxylic acids is 1. The molecular weight excluding hydrogens is 186 g/mol. The molecule has 0 aromatic carbocycles. The molecule has 1 N–H and O–H groups in total. The van der Waals surface area contributed by atoms with Crippen LogP contribution in [-0.2, 0) is 0 Å². The predicted molar refractivity (Wildman–Crippen MR) is 43.5 cm³/mol. The van der Waals surface area contributed by atoms with E-state index in [1.165, 1.54) is 0 Å². The zero-order chi connectivity index (χ0) is 8.27. The number of hydrogen-bond acceptors (Lipinski definition) is 3. The van der Waals surface area contributed by atoms with Crippen LogP contribution in [-0.4, -0.2) is 10.4 Å². The van der Waals surface area contributed by atoms with Crippen LogP contribution in [0.3, 0.4) is 0 Å². The molecule has 3 nitrogen and oxygen atoms in total. The number of pyridine rings is 1. The third kappa shape index (κ3) is 2.32. The smallest absolute Gasteiger partial charge is 0.409 e. The van der Waals surface area contributed by atoms with Crippen LogP contribution in [0.4, 0.5) is 4.79 Å². The first kappa shape index (κ1) is 8.23. The van der Waals surface area contributed by atoms with Crippen molar-refractivity contribution in [3.63, 3.8) is 0 Å². The second kappa shape index (κ2) is 3.50. The first-order valence-corrected chi connectivity index (χ1v) is 3.54. The number of rotatable bonds is 1. The van der Waals surface area contributed by atoms with E-state index in [1.54, 1.807) is 18.3 Å². The summed E-state index contributed by atoms with van der Waals surface area (Å²) in [5.74, 6) is 0.266. The molecule has 0 bridgehead atoms. The van der Waals surface area contributed by atoms with Gasteiger partial charge >= 0.3 is 5.43 Å². The van der Waals surface area contributed by atoms with Crippen LogP contribution in [0.15, 0.2) is 18.3 Å². The zero-order valence-corrected chi connectivity index (χ0v) is 6.91. The molecule has 0 aliphatic carbocycles. The number of hydrogen-bond donors (Lipinski definition) is 1. The molecule has 0 unspecified atom stereocenters. The number of nitrogens with one attached hydrogen (secondary N) is 1. The number of H-pyrrole nitrogens is 1. The average molecular weight is 190 g/mol. The molecule has 1 rings (SSSR count). The highest BCUT2D eigenvalue weighted by atomic mass is 35.5. The summed E-state index contributed by atoms with van der Waals surface area (Å²) >= 11 is 9.74. The molecule has 0 saturated heterocycles. The Morgan fingerprint density at radius 1 is 1.73 bits per heavy atom. The third-order valence-electron chi connectivity index (χ3n) is 0.972. The summed E-state index contributed by atoms with van der Waals surface area (Å²) in [7, 11) is 0. The maximum absolute atomic E-state index is 10.2. The summed E-state index contributed by atoms with van der Waals surface area (Å²) in [5.41, 5.74) is -0.893. The van der Waals surface area contributed by atoms with Crippen molar-refractivity contribution in [1.82, 2.24) is 4.98 Å². The average Bonchev–Trinajstić information content (AvgIpc) is 1.93. The number of aromatic amines is 1. The lowest BCUT2D eigenvalue weighted by Gasteiger charge is -1.96. The molecule has 0 amide bonds. The van der Waals surface area contributed by atoms with Crippen LogP contribution in [0.1, 0.15) is 0 Å². The summed E-state index contributed by atoms with van der Waals surface area (Å²) in [6, 6.07) is 3.21. The maximum atomic E-state index is 10.2. The maximum Gasteiger partial charge on any atom is 0.409 e. The Labute approximate surface area is 73.0 Å². The minimum Gasteiger partial charge on any atom is -0.411 e. The normalized spacial score (nSPS) is 9.18. The van der Waals surface area contributed by atoms with E-state index >= 15 is 0 Å². The molecule has 0 aliphatic rings. The fraction of sp³-hybridized carbons (Fsp3) is 0. The Hall–Kier alpha value is -0.870. The van der Waals surface area contributed by atoms with Crippen molar-refractivity contribution in [2.75, 3.05) is 0 Å². The molecule has 1 aromatic heterocycles. The topological polar surface area (TPSA) is 42.1 Å². The molecule has 0 radical (unpaired) electrons. The highest BCUT2D eigenvalue weighted by Gasteiger charge is 1.99. The van der Waals surface area contributed by atoms with E-state index in [0.717, 1.165) is 0 Å². The lowest BCUT2D eigenvalue weighted by atomic mass is 10.5. The first-order chi connectivity index (χ1) is 5.20. The van der Waals surface area contributed by atoms with Crippen LogP contribution in [0.5, 0.6) is 5.75 Å². The summed E-state index contributed by atoms with van der Waals surface area (Å²) in [6.07, 6.45) is 1.63. The Morgan fingerprint density at radius 2 is 2.45 bits per heavy atom. The fourth-order valence-corrected chi connectivity index (χ4v) is 0.834. The minimum absolute atomic E-state index is 0.266. The molecular formula is C6H4ClNO2S. The van der Waals surface area contributed by atoms with E-state index in [4.69, 9.17) is 23.8 Å². The standard InChI is InChI=1S/C6H4ClNO2S/c7-6(9)10-4-2-1-3-8-5(4)11/h1-3H,(H,8,11). The second-order valence-corrected chi connectivity index (χ2v) is 2.42. The van der Waals surface area contributed by atoms with Crippen molar-refractivity contribution in [3.8, 4) is 5.75 Å². The van der Waals surface area contributed by atoms with Crippen LogP contribution in [0.2, 0.25) is 0 Å². The van der Waals surface area contributed by atoms with Crippen LogP contribution >= 0.6 is 23.8 Å². The van der Waals surface area contributed by atoms with Crippen molar-refractivity contribution in [2.24, 2.45) is 0 Å². The zero-order valence-electron chi connectivity index (χ0n) is 5.33. The van der Waals surface area contributed by atoms with Gasteiger partial charge in [0.05, 0.1) is 0 Å². The van der Waals surface area contributed by atoms with Crippen molar-refractivity contribution in [3.05, 3.63) is 23.0 Å². The monoisotopic (exact) mass is 189 g/mol. The molecule has 0 saturated carbocycles. The summed E-state index contributed by atoms with van der Waals surface area (Å²) in [4.78, 5) is 12.9. The quantitative estimate of drug-likeness (QED) is 0.545. The molecule has 58 valence electrons. The van der Waals surface area contributed by atoms with Gasteiger partial charge in [-0.05, 0) is 12.1 Å². The molecule has 5 heteroatoms. The summed E-state index contributed by atoms with van der Waals surface area (Å²) in [5, 5.41) is 0. The first-order valence-electron chi connectivity index (χ1n) is 2.75. The van der Waals surface area contributed by atoms with Gasteiger partial charge in [-0.25, -0.2) is 4.79 Å². The fourth-order valence-electron chi connectivity index (χ4n) is 0.573. The van der Waals surface area contributed by atoms with Gasteiger partial charge in [-0.15, -0.1) is 0 Å². The number of carbonyl (C=O) groups is 1. The van der Waals surface area contributed by atoms with E-state index < -0.39 is 5.43 Å². The van der Waals surface area contributed by atoms with Gasteiger partial charge in [0.2, 0.25) is 0 Å². The molecule has 11 heavy (non-hydrogen) atoms. The van der Waals surface area contributed by atoms with Gasteiger partial charge in [-0.2, -0.15) is 0 Å². The Kier molecular flexibility index (Phi) is 2.62. The third-order valence-corrected chi connectivity index (χ3v) is 1.37. The number of aromatic nitrogens is 1. The van der Waals surface area contributed by atoms with Crippen LogP contribution in [0.25, 0.3) is 0 Å². The molecule has 0 spiro atoms. The van der Waals surface area contributed by atoms with Crippen molar-refractivity contribution < 1.29 is 9.53 Å². The lowest BCUT2D eigenvalue weighted by Crippen LogP contribution is -1.96. The van der Waals surface area contributed by atoms with E-state index in [0.29, 0.717) is 4.64 Å². The van der Waals surface area contributed by atoms with Crippen molar-refractivity contribution >= 4 is 29.2 Å². The second-order valence-electron chi connectivity index (χ2n) is 1.70. The van der Waals surface area contributed by atoms with E-state index in [9.17, 15) is 4.79 Å². The highest BCUT2D eigenvalue weighted by molar-refractivity contribution is 7.71. The Bertz CT molecular complexity index is 322. The van der Waals surface area contributed by atoms with Crippen LogP contribution in [0, 0.1) is 4.64 Å². The summed E-state index contributed by atoms with van der Waals surface area (Å²) < 4.78 is 4.88. The Balaban J connectivity index is 2.95. The van der Waals surface area contributed by atoms with Crippen molar-refractivity contribution in [1.29, 1.82) is 0 Å². The van der Waals surface area contributed by atoms with Gasteiger partial charge in [-0.3, -0.25) is 0 Å². The van der Waals surface area contributed by atoms with Gasteiger partial charge in [0.1, 0.15) is 4.64 Å². The highest BCUT2D eigenvalue weighted by Crippen LogP contribution is 2.10. The van der Waals surface area contributed by atoms with Gasteiger partial charge in [0, 0.05) is 17.8 Å². The number of ether oxygens (including phenoxy) is 1. The largest absolute Gasteiger partial charge is 0.411 e. The lowest BCUT2D eigenvalue weighted by molar-refractivity contribution is 0.225. The number of halogens is 1. The van der Waals surface area contributed by atoms with Gasteiger partial charge in [0.15, 0.2) is 5.75 Å². The van der Waals surface area contributed by atoms with Crippen molar-refractivity contribution in [2.45, 2.75) is 0 Å². The van der Waals surface area contributed by atoms with Gasteiger partial charge in [-0.1, -0.05) is 12.2 Å².